The van der Waals surface area contributed by atoms with Crippen molar-refractivity contribution in [3.8, 4) is 10.4 Å². The van der Waals surface area contributed by atoms with Crippen molar-refractivity contribution in [2.75, 3.05) is 5.32 Å². The number of rotatable bonds is 3. The molecule has 0 unspecified atom stereocenters. The van der Waals surface area contributed by atoms with Crippen LogP contribution in [0.4, 0.5) is 5.82 Å². The van der Waals surface area contributed by atoms with Gasteiger partial charge in [0.05, 0.1) is 21.6 Å². The summed E-state index contributed by atoms with van der Waals surface area (Å²) in [5, 5.41) is 4.71. The SMILES string of the molecule is Cc1ncc(-c2cnc3cnc(NC(=O)c4ccncc4)cc3c2)s1. The highest BCUT2D eigenvalue weighted by atomic mass is 32.1. The first kappa shape index (κ1) is 15.3. The zero-order valence-corrected chi connectivity index (χ0v) is 14.1. The second-order valence-electron chi connectivity index (χ2n) is 5.42. The van der Waals surface area contributed by atoms with E-state index in [1.165, 1.54) is 0 Å². The van der Waals surface area contributed by atoms with Gasteiger partial charge in [0.25, 0.3) is 5.91 Å². The smallest absolute Gasteiger partial charge is 0.256 e. The third-order valence-corrected chi connectivity index (χ3v) is 4.62. The van der Waals surface area contributed by atoms with Gasteiger partial charge in [0.1, 0.15) is 5.82 Å². The van der Waals surface area contributed by atoms with Crippen LogP contribution in [0, 0.1) is 6.92 Å². The van der Waals surface area contributed by atoms with Crippen LogP contribution in [0.2, 0.25) is 0 Å². The van der Waals surface area contributed by atoms with Crippen LogP contribution >= 0.6 is 11.3 Å². The van der Waals surface area contributed by atoms with Crippen LogP contribution in [0.5, 0.6) is 0 Å². The van der Waals surface area contributed by atoms with E-state index >= 15 is 0 Å². The maximum atomic E-state index is 12.2. The van der Waals surface area contributed by atoms with E-state index in [4.69, 9.17) is 0 Å². The lowest BCUT2D eigenvalue weighted by Crippen LogP contribution is -2.12. The van der Waals surface area contributed by atoms with Gasteiger partial charge in [-0.05, 0) is 31.2 Å². The second kappa shape index (κ2) is 6.37. The Morgan fingerprint density at radius 1 is 1.04 bits per heavy atom. The lowest BCUT2D eigenvalue weighted by atomic mass is 10.2. The molecule has 0 saturated carbocycles. The van der Waals surface area contributed by atoms with E-state index in [0.717, 1.165) is 26.4 Å². The molecule has 4 aromatic rings. The molecule has 0 radical (unpaired) electrons. The average Bonchev–Trinajstić information content (AvgIpc) is 3.08. The van der Waals surface area contributed by atoms with Gasteiger partial charge in [-0.25, -0.2) is 9.97 Å². The lowest BCUT2D eigenvalue weighted by Gasteiger charge is -2.06. The van der Waals surface area contributed by atoms with Gasteiger partial charge in [-0.15, -0.1) is 11.3 Å². The van der Waals surface area contributed by atoms with Gasteiger partial charge < -0.3 is 5.32 Å². The molecule has 0 saturated heterocycles. The second-order valence-corrected chi connectivity index (χ2v) is 6.65. The van der Waals surface area contributed by atoms with E-state index in [-0.39, 0.29) is 5.91 Å². The summed E-state index contributed by atoms with van der Waals surface area (Å²) in [6.07, 6.45) is 8.47. The number of nitrogens with zero attached hydrogens (tertiary/aromatic N) is 4. The van der Waals surface area contributed by atoms with Crippen molar-refractivity contribution < 1.29 is 4.79 Å². The van der Waals surface area contributed by atoms with Gasteiger partial charge in [-0.2, -0.15) is 0 Å². The van der Waals surface area contributed by atoms with Crippen LogP contribution in [0.15, 0.2) is 55.2 Å². The van der Waals surface area contributed by atoms with Gasteiger partial charge in [-0.1, -0.05) is 0 Å². The monoisotopic (exact) mass is 347 g/mol. The van der Waals surface area contributed by atoms with Crippen molar-refractivity contribution >= 4 is 34.0 Å². The van der Waals surface area contributed by atoms with E-state index in [9.17, 15) is 4.79 Å². The summed E-state index contributed by atoms with van der Waals surface area (Å²) < 4.78 is 0. The highest BCUT2D eigenvalue weighted by Crippen LogP contribution is 2.28. The molecule has 6 nitrogen and oxygen atoms in total. The molecule has 122 valence electrons. The van der Waals surface area contributed by atoms with Crippen molar-refractivity contribution in [1.29, 1.82) is 0 Å². The highest BCUT2D eigenvalue weighted by Gasteiger charge is 2.09. The Morgan fingerprint density at radius 2 is 1.88 bits per heavy atom. The standard InChI is InChI=1S/C18H13N5OS/c1-11-20-10-16(25-11)14-6-13-7-17(22-9-15(13)21-8-14)23-18(24)12-2-4-19-5-3-12/h2-10H,1H3,(H,22,23,24). The number of fused-ring (bicyclic) bond motifs is 1. The molecular formula is C18H13N5OS. The molecule has 1 amide bonds. The fourth-order valence-corrected chi connectivity index (χ4v) is 3.18. The number of thiazole rings is 1. The zero-order chi connectivity index (χ0) is 17.2. The van der Waals surface area contributed by atoms with Crippen molar-refractivity contribution in [2.45, 2.75) is 6.92 Å². The number of nitrogens with one attached hydrogen (secondary N) is 1. The normalized spacial score (nSPS) is 10.8. The predicted octanol–water partition coefficient (Wildman–Crippen LogP) is 3.71. The molecule has 4 aromatic heterocycles. The number of carbonyl (C=O) groups is 1. The number of aryl methyl sites for hydroxylation is 1. The first-order chi connectivity index (χ1) is 12.2. The maximum absolute atomic E-state index is 12.2. The number of hydrogen-bond acceptors (Lipinski definition) is 6. The predicted molar refractivity (Wildman–Crippen MR) is 97.6 cm³/mol. The summed E-state index contributed by atoms with van der Waals surface area (Å²) in [6.45, 7) is 1.97. The molecule has 25 heavy (non-hydrogen) atoms. The molecule has 0 aliphatic heterocycles. The van der Waals surface area contributed by atoms with Crippen LogP contribution in [-0.4, -0.2) is 25.8 Å². The van der Waals surface area contributed by atoms with Gasteiger partial charge in [0.2, 0.25) is 0 Å². The van der Waals surface area contributed by atoms with Crippen LogP contribution in [0.3, 0.4) is 0 Å². The zero-order valence-electron chi connectivity index (χ0n) is 13.3. The highest BCUT2D eigenvalue weighted by molar-refractivity contribution is 7.15. The van der Waals surface area contributed by atoms with E-state index < -0.39 is 0 Å². The molecule has 0 aliphatic carbocycles. The van der Waals surface area contributed by atoms with Gasteiger partial charge in [-0.3, -0.25) is 14.8 Å². The van der Waals surface area contributed by atoms with E-state index in [2.05, 4.69) is 25.3 Å². The molecule has 0 aliphatic rings. The Labute approximate surface area is 147 Å². The molecule has 0 spiro atoms. The van der Waals surface area contributed by atoms with E-state index in [1.54, 1.807) is 42.1 Å². The average molecular weight is 347 g/mol. The molecule has 0 atom stereocenters. The Kier molecular flexibility index (Phi) is 3.91. The molecule has 1 N–H and O–H groups in total. The molecular weight excluding hydrogens is 334 g/mol. The van der Waals surface area contributed by atoms with Crippen LogP contribution in [0.1, 0.15) is 15.4 Å². The largest absolute Gasteiger partial charge is 0.307 e. The molecule has 4 heterocycles. The Bertz CT molecular complexity index is 1060. The molecule has 7 heteroatoms. The summed E-state index contributed by atoms with van der Waals surface area (Å²) in [6, 6.07) is 7.15. The van der Waals surface area contributed by atoms with Crippen molar-refractivity contribution in [3.63, 3.8) is 0 Å². The first-order valence-corrected chi connectivity index (χ1v) is 8.41. The van der Waals surface area contributed by atoms with Crippen molar-refractivity contribution in [2.24, 2.45) is 0 Å². The lowest BCUT2D eigenvalue weighted by molar-refractivity contribution is 0.102. The Balaban J connectivity index is 1.66. The minimum Gasteiger partial charge on any atom is -0.307 e. The molecule has 0 bridgehead atoms. The van der Waals surface area contributed by atoms with Gasteiger partial charge >= 0.3 is 0 Å². The number of hydrogen-bond donors (Lipinski definition) is 1. The van der Waals surface area contributed by atoms with Crippen molar-refractivity contribution in [3.05, 3.63) is 65.8 Å². The number of pyridine rings is 3. The Morgan fingerprint density at radius 3 is 2.64 bits per heavy atom. The topological polar surface area (TPSA) is 80.7 Å². The fraction of sp³-hybridized carbons (Fsp3) is 0.0556. The van der Waals surface area contributed by atoms with Gasteiger partial charge in [0, 0.05) is 41.3 Å². The summed E-state index contributed by atoms with van der Waals surface area (Å²) >= 11 is 1.62. The summed E-state index contributed by atoms with van der Waals surface area (Å²) in [5.74, 6) is 0.255. The van der Waals surface area contributed by atoms with E-state index in [1.807, 2.05) is 31.5 Å². The number of carbonyl (C=O) groups excluding carboxylic acids is 1. The Hall–Kier alpha value is -3.19. The number of amides is 1. The quantitative estimate of drug-likeness (QED) is 0.611. The number of anilines is 1. The van der Waals surface area contributed by atoms with Crippen molar-refractivity contribution in [1.82, 2.24) is 19.9 Å². The maximum Gasteiger partial charge on any atom is 0.256 e. The molecule has 0 fully saturated rings. The van der Waals surface area contributed by atoms with Crippen LogP contribution in [-0.2, 0) is 0 Å². The number of aromatic nitrogens is 4. The minimum atomic E-state index is -0.226. The summed E-state index contributed by atoms with van der Waals surface area (Å²) in [7, 11) is 0. The fourth-order valence-electron chi connectivity index (χ4n) is 2.42. The summed E-state index contributed by atoms with van der Waals surface area (Å²) in [5.41, 5.74) is 2.30. The molecule has 0 aromatic carbocycles. The third-order valence-electron chi connectivity index (χ3n) is 3.66. The first-order valence-electron chi connectivity index (χ1n) is 7.59. The third kappa shape index (κ3) is 3.22. The van der Waals surface area contributed by atoms with Crippen LogP contribution in [0.25, 0.3) is 21.3 Å². The summed E-state index contributed by atoms with van der Waals surface area (Å²) in [4.78, 5) is 30.2. The molecule has 4 rings (SSSR count). The van der Waals surface area contributed by atoms with E-state index in [0.29, 0.717) is 11.4 Å². The van der Waals surface area contributed by atoms with Crippen LogP contribution < -0.4 is 5.32 Å². The van der Waals surface area contributed by atoms with Gasteiger partial charge in [0.15, 0.2) is 0 Å². The minimum absolute atomic E-state index is 0.226.